The number of aromatic nitrogens is 2. The molecular formula is C25H22N4OS. The van der Waals surface area contributed by atoms with E-state index in [4.69, 9.17) is 0 Å². The molecule has 0 spiro atoms. The minimum atomic E-state index is -0.133. The lowest BCUT2D eigenvalue weighted by Gasteiger charge is -2.21. The minimum absolute atomic E-state index is 0.133. The van der Waals surface area contributed by atoms with Gasteiger partial charge in [-0.25, -0.2) is 4.98 Å². The number of fused-ring (bicyclic) bond motifs is 1. The Balaban J connectivity index is 1.37. The standard InChI is InChI=1S/C25H22N4OS/c1-17-23(31-25(27-17)21-11-6-7-14-26-21)24(30)28-20-10-4-2-9-19(20)16-29-15-13-18-8-3-5-12-22(18)29/h2-12,14H,13,15-16H2,1H3,(H,28,30). The van der Waals surface area contributed by atoms with E-state index in [1.54, 1.807) is 6.20 Å². The predicted molar refractivity (Wildman–Crippen MR) is 126 cm³/mol. The quantitative estimate of drug-likeness (QED) is 0.469. The van der Waals surface area contributed by atoms with Crippen LogP contribution in [0.5, 0.6) is 0 Å². The van der Waals surface area contributed by atoms with Crippen LogP contribution in [0.3, 0.4) is 0 Å². The highest BCUT2D eigenvalue weighted by Gasteiger charge is 2.21. The van der Waals surface area contributed by atoms with E-state index in [1.807, 2.05) is 43.3 Å². The number of carbonyl (C=O) groups excluding carboxylic acids is 1. The van der Waals surface area contributed by atoms with Crippen molar-refractivity contribution in [2.75, 3.05) is 16.8 Å². The maximum absolute atomic E-state index is 13.1. The Morgan fingerprint density at radius 1 is 1.06 bits per heavy atom. The molecule has 5 nitrogen and oxygen atoms in total. The highest BCUT2D eigenvalue weighted by atomic mass is 32.1. The SMILES string of the molecule is Cc1nc(-c2ccccn2)sc1C(=O)Nc1ccccc1CN1CCc2ccccc21. The molecule has 0 aliphatic carbocycles. The number of para-hydroxylation sites is 2. The van der Waals surface area contributed by atoms with Crippen LogP contribution in [0.25, 0.3) is 10.7 Å². The molecule has 31 heavy (non-hydrogen) atoms. The average molecular weight is 427 g/mol. The van der Waals surface area contributed by atoms with Crippen molar-refractivity contribution in [2.45, 2.75) is 19.9 Å². The van der Waals surface area contributed by atoms with Gasteiger partial charge in [0.1, 0.15) is 9.88 Å². The molecule has 0 radical (unpaired) electrons. The van der Waals surface area contributed by atoms with Crippen molar-refractivity contribution in [3.8, 4) is 10.7 Å². The van der Waals surface area contributed by atoms with Gasteiger partial charge in [0.15, 0.2) is 0 Å². The number of rotatable bonds is 5. The summed E-state index contributed by atoms with van der Waals surface area (Å²) in [6, 6.07) is 22.2. The Kier molecular flexibility index (Phi) is 5.22. The summed E-state index contributed by atoms with van der Waals surface area (Å²) in [5.74, 6) is -0.133. The number of aryl methyl sites for hydroxylation is 1. The van der Waals surface area contributed by atoms with E-state index in [9.17, 15) is 4.79 Å². The molecule has 5 rings (SSSR count). The summed E-state index contributed by atoms with van der Waals surface area (Å²) >= 11 is 1.37. The fourth-order valence-corrected chi connectivity index (χ4v) is 4.88. The highest BCUT2D eigenvalue weighted by Crippen LogP contribution is 2.31. The van der Waals surface area contributed by atoms with Gasteiger partial charge in [-0.05, 0) is 48.7 Å². The maximum atomic E-state index is 13.1. The van der Waals surface area contributed by atoms with Gasteiger partial charge in [-0.15, -0.1) is 11.3 Å². The van der Waals surface area contributed by atoms with E-state index < -0.39 is 0 Å². The molecule has 1 aliphatic rings. The molecule has 0 saturated carbocycles. The third kappa shape index (κ3) is 3.94. The Morgan fingerprint density at radius 2 is 1.87 bits per heavy atom. The molecule has 6 heteroatoms. The van der Waals surface area contributed by atoms with E-state index in [0.29, 0.717) is 10.6 Å². The number of hydrogen-bond acceptors (Lipinski definition) is 5. The van der Waals surface area contributed by atoms with Gasteiger partial charge in [0, 0.05) is 30.7 Å². The summed E-state index contributed by atoms with van der Waals surface area (Å²) in [4.78, 5) is 25.0. The van der Waals surface area contributed by atoms with Crippen LogP contribution in [0.1, 0.15) is 26.5 Å². The van der Waals surface area contributed by atoms with Crippen molar-refractivity contribution in [1.82, 2.24) is 9.97 Å². The summed E-state index contributed by atoms with van der Waals surface area (Å²) in [5.41, 5.74) is 6.09. The molecule has 0 unspecified atom stereocenters. The van der Waals surface area contributed by atoms with Crippen molar-refractivity contribution in [3.63, 3.8) is 0 Å². The largest absolute Gasteiger partial charge is 0.367 e. The molecular weight excluding hydrogens is 404 g/mol. The van der Waals surface area contributed by atoms with Crippen LogP contribution in [-0.2, 0) is 13.0 Å². The summed E-state index contributed by atoms with van der Waals surface area (Å²) in [6.45, 7) is 3.61. The zero-order valence-corrected chi connectivity index (χ0v) is 18.0. The lowest BCUT2D eigenvalue weighted by molar-refractivity contribution is 0.102. The van der Waals surface area contributed by atoms with Crippen LogP contribution >= 0.6 is 11.3 Å². The Morgan fingerprint density at radius 3 is 2.74 bits per heavy atom. The fourth-order valence-electron chi connectivity index (χ4n) is 3.94. The van der Waals surface area contributed by atoms with Gasteiger partial charge in [0.2, 0.25) is 0 Å². The van der Waals surface area contributed by atoms with E-state index in [2.05, 4.69) is 50.5 Å². The molecule has 0 bridgehead atoms. The zero-order chi connectivity index (χ0) is 21.2. The first-order valence-corrected chi connectivity index (χ1v) is 11.1. The first-order chi connectivity index (χ1) is 15.2. The van der Waals surface area contributed by atoms with Crippen molar-refractivity contribution in [3.05, 3.63) is 94.6 Å². The second kappa shape index (κ2) is 8.32. The summed E-state index contributed by atoms with van der Waals surface area (Å²) in [6.07, 6.45) is 2.79. The molecule has 154 valence electrons. The van der Waals surface area contributed by atoms with Crippen molar-refractivity contribution in [2.24, 2.45) is 0 Å². The van der Waals surface area contributed by atoms with Gasteiger partial charge in [0.05, 0.1) is 11.4 Å². The summed E-state index contributed by atoms with van der Waals surface area (Å²) in [5, 5.41) is 3.87. The molecule has 4 aromatic rings. The molecule has 3 heterocycles. The molecule has 1 aliphatic heterocycles. The number of nitrogens with one attached hydrogen (secondary N) is 1. The van der Waals surface area contributed by atoms with E-state index >= 15 is 0 Å². The second-order valence-electron chi connectivity index (χ2n) is 7.56. The number of pyridine rings is 1. The molecule has 1 N–H and O–H groups in total. The first-order valence-electron chi connectivity index (χ1n) is 10.3. The average Bonchev–Trinajstić information content (AvgIpc) is 3.39. The van der Waals surface area contributed by atoms with Gasteiger partial charge in [-0.1, -0.05) is 42.5 Å². The number of benzene rings is 2. The molecule has 2 aromatic carbocycles. The molecule has 0 atom stereocenters. The lowest BCUT2D eigenvalue weighted by Crippen LogP contribution is -2.21. The van der Waals surface area contributed by atoms with E-state index in [0.717, 1.165) is 41.5 Å². The zero-order valence-electron chi connectivity index (χ0n) is 17.2. The smallest absolute Gasteiger partial charge is 0.267 e. The van der Waals surface area contributed by atoms with Gasteiger partial charge in [0.25, 0.3) is 5.91 Å². The number of carbonyl (C=O) groups is 1. The Bertz CT molecular complexity index is 1240. The van der Waals surface area contributed by atoms with Crippen LogP contribution in [-0.4, -0.2) is 22.4 Å². The molecule has 0 saturated heterocycles. The Hall–Kier alpha value is -3.51. The van der Waals surface area contributed by atoms with Gasteiger partial charge in [-0.3, -0.25) is 9.78 Å². The fraction of sp³-hybridized carbons (Fsp3) is 0.160. The Labute approximate surface area is 185 Å². The molecule has 0 fully saturated rings. The summed E-state index contributed by atoms with van der Waals surface area (Å²) in [7, 11) is 0. The number of hydrogen-bond donors (Lipinski definition) is 1. The van der Waals surface area contributed by atoms with Crippen LogP contribution in [0.2, 0.25) is 0 Å². The van der Waals surface area contributed by atoms with E-state index in [1.165, 1.54) is 22.6 Å². The highest BCUT2D eigenvalue weighted by molar-refractivity contribution is 7.17. The van der Waals surface area contributed by atoms with E-state index in [-0.39, 0.29) is 5.91 Å². The molecule has 1 amide bonds. The molecule has 2 aromatic heterocycles. The second-order valence-corrected chi connectivity index (χ2v) is 8.56. The van der Waals surface area contributed by atoms with Crippen molar-refractivity contribution in [1.29, 1.82) is 0 Å². The first kappa shape index (κ1) is 19.5. The van der Waals surface area contributed by atoms with Crippen LogP contribution in [0.4, 0.5) is 11.4 Å². The van der Waals surface area contributed by atoms with Crippen molar-refractivity contribution >= 4 is 28.6 Å². The van der Waals surface area contributed by atoms with Gasteiger partial charge < -0.3 is 10.2 Å². The summed E-state index contributed by atoms with van der Waals surface area (Å²) < 4.78 is 0. The van der Waals surface area contributed by atoms with Crippen LogP contribution in [0.15, 0.2) is 72.9 Å². The van der Waals surface area contributed by atoms with Crippen LogP contribution < -0.4 is 10.2 Å². The minimum Gasteiger partial charge on any atom is -0.367 e. The predicted octanol–water partition coefficient (Wildman–Crippen LogP) is 5.33. The lowest BCUT2D eigenvalue weighted by atomic mass is 10.1. The van der Waals surface area contributed by atoms with Gasteiger partial charge >= 0.3 is 0 Å². The maximum Gasteiger partial charge on any atom is 0.267 e. The number of anilines is 2. The topological polar surface area (TPSA) is 58.1 Å². The number of nitrogens with zero attached hydrogens (tertiary/aromatic N) is 3. The monoisotopic (exact) mass is 426 g/mol. The normalized spacial score (nSPS) is 12.6. The third-order valence-corrected chi connectivity index (χ3v) is 6.68. The number of amides is 1. The third-order valence-electron chi connectivity index (χ3n) is 5.50. The van der Waals surface area contributed by atoms with Crippen LogP contribution in [0, 0.1) is 6.92 Å². The number of thiazole rings is 1. The van der Waals surface area contributed by atoms with Crippen molar-refractivity contribution < 1.29 is 4.79 Å². The van der Waals surface area contributed by atoms with Gasteiger partial charge in [-0.2, -0.15) is 0 Å².